The highest BCUT2D eigenvalue weighted by Crippen LogP contribution is 2.36. The number of fused-ring (bicyclic) bond motifs is 2. The molecule has 2 aromatic carbocycles. The van der Waals surface area contributed by atoms with Crippen molar-refractivity contribution < 1.29 is 18.0 Å². The zero-order valence-electron chi connectivity index (χ0n) is 19.1. The zero-order valence-corrected chi connectivity index (χ0v) is 19.9. The second-order valence-electron chi connectivity index (χ2n) is 8.91. The Morgan fingerprint density at radius 2 is 1.85 bits per heavy atom. The van der Waals surface area contributed by atoms with E-state index in [4.69, 9.17) is 0 Å². The molecule has 176 valence electrons. The maximum Gasteiger partial charge on any atom is 0.249 e. The van der Waals surface area contributed by atoms with Crippen molar-refractivity contribution in [3.63, 3.8) is 0 Å². The Morgan fingerprint density at radius 3 is 2.68 bits per heavy atom. The van der Waals surface area contributed by atoms with Crippen molar-refractivity contribution in [3.8, 4) is 11.1 Å². The number of carbonyl (C=O) groups excluding carboxylic acids is 2. The Balaban J connectivity index is 1.55. The van der Waals surface area contributed by atoms with E-state index in [9.17, 15) is 18.0 Å². The Bertz CT molecular complexity index is 1420. The second-order valence-corrected chi connectivity index (χ2v) is 10.6. The maximum atomic E-state index is 13.5. The predicted molar refractivity (Wildman–Crippen MR) is 128 cm³/mol. The Hall–Kier alpha value is -3.30. The fourth-order valence-corrected chi connectivity index (χ4v) is 6.38. The molecule has 2 aliphatic rings. The lowest BCUT2D eigenvalue weighted by atomic mass is 9.88. The van der Waals surface area contributed by atoms with Gasteiger partial charge in [0.05, 0.1) is 10.6 Å². The van der Waals surface area contributed by atoms with E-state index in [1.165, 1.54) is 10.2 Å². The normalized spacial score (nSPS) is 18.1. The Morgan fingerprint density at radius 1 is 1.06 bits per heavy atom. The molecule has 0 radical (unpaired) electrons. The number of aromatic nitrogens is 2. The quantitative estimate of drug-likeness (QED) is 0.591. The van der Waals surface area contributed by atoms with E-state index in [0.29, 0.717) is 22.4 Å². The number of rotatable bonds is 4. The smallest absolute Gasteiger partial charge is 0.249 e. The summed E-state index contributed by atoms with van der Waals surface area (Å²) >= 11 is 0. The largest absolute Gasteiger partial charge is 0.310 e. The highest BCUT2D eigenvalue weighted by molar-refractivity contribution is 7.89. The fraction of sp³-hybridized carbons (Fsp3) is 0.320. The third kappa shape index (κ3) is 3.95. The van der Waals surface area contributed by atoms with Gasteiger partial charge in [-0.15, -0.1) is 0 Å². The molecule has 1 unspecified atom stereocenters. The number of carbonyl (C=O) groups is 2. The molecule has 9 heteroatoms. The van der Waals surface area contributed by atoms with Gasteiger partial charge in [0.1, 0.15) is 5.82 Å². The summed E-state index contributed by atoms with van der Waals surface area (Å²) in [6, 6.07) is 12.8. The molecule has 1 aromatic heterocycles. The summed E-state index contributed by atoms with van der Waals surface area (Å²) in [4.78, 5) is 24.8. The Labute approximate surface area is 198 Å². The lowest BCUT2D eigenvalue weighted by Crippen LogP contribution is -2.31. The summed E-state index contributed by atoms with van der Waals surface area (Å²) in [5, 5.41) is 7.09. The number of sulfonamides is 1. The van der Waals surface area contributed by atoms with Gasteiger partial charge in [-0.3, -0.25) is 9.59 Å². The van der Waals surface area contributed by atoms with Crippen molar-refractivity contribution in [2.45, 2.75) is 56.9 Å². The van der Waals surface area contributed by atoms with Gasteiger partial charge in [-0.25, -0.2) is 13.1 Å². The van der Waals surface area contributed by atoms with Crippen LogP contribution in [0.1, 0.15) is 58.9 Å². The number of aryl methyl sites for hydroxylation is 3. The van der Waals surface area contributed by atoms with Gasteiger partial charge in [0.15, 0.2) is 0 Å². The number of nitrogens with one attached hydrogen (secondary N) is 2. The molecule has 0 saturated carbocycles. The first-order chi connectivity index (χ1) is 16.2. The average molecular weight is 479 g/mol. The molecule has 1 amide bonds. The molecular formula is C25H26N4O4S. The minimum Gasteiger partial charge on any atom is -0.310 e. The van der Waals surface area contributed by atoms with Crippen molar-refractivity contribution in [1.82, 2.24) is 14.5 Å². The van der Waals surface area contributed by atoms with Crippen LogP contribution in [-0.2, 0) is 21.2 Å². The molecule has 2 N–H and O–H groups in total. The van der Waals surface area contributed by atoms with Gasteiger partial charge in [0.25, 0.3) is 0 Å². The molecule has 0 fully saturated rings. The highest BCUT2D eigenvalue weighted by Gasteiger charge is 2.29. The van der Waals surface area contributed by atoms with Crippen LogP contribution in [0.25, 0.3) is 11.1 Å². The number of amides is 1. The molecule has 5 rings (SSSR count). The first kappa shape index (κ1) is 22.5. The standard InChI is InChI=1S/C25H26N4O4S/c1-15-10-11-18(24-16(2)27-29-23(31)13-12-22(30)26-25(24)29)14-21(15)34(32,33)28-20-9-5-7-17-6-3-4-8-19(17)20/h3-4,6,8,10-11,14,20,28H,5,7,9,12-13H2,1-2H3,(H,26,30). The summed E-state index contributed by atoms with van der Waals surface area (Å²) < 4.78 is 31.2. The minimum absolute atomic E-state index is 0.0691. The number of nitrogens with zero attached hydrogens (tertiary/aromatic N) is 2. The molecule has 3 aromatic rings. The third-order valence-corrected chi connectivity index (χ3v) is 8.17. The number of anilines is 1. The highest BCUT2D eigenvalue weighted by atomic mass is 32.2. The van der Waals surface area contributed by atoms with E-state index in [-0.39, 0.29) is 41.4 Å². The van der Waals surface area contributed by atoms with Gasteiger partial charge in [0, 0.05) is 24.4 Å². The van der Waals surface area contributed by atoms with E-state index < -0.39 is 10.0 Å². The molecule has 2 heterocycles. The third-order valence-electron chi connectivity index (χ3n) is 6.55. The number of hydrogen-bond donors (Lipinski definition) is 2. The van der Waals surface area contributed by atoms with E-state index in [1.807, 2.05) is 24.3 Å². The van der Waals surface area contributed by atoms with Gasteiger partial charge in [-0.05, 0) is 61.4 Å². The van der Waals surface area contributed by atoms with Crippen molar-refractivity contribution >= 4 is 27.7 Å². The minimum atomic E-state index is -3.84. The summed E-state index contributed by atoms with van der Waals surface area (Å²) in [5.41, 5.74) is 4.45. The molecule has 1 atom stereocenters. The van der Waals surface area contributed by atoms with Crippen LogP contribution in [0.5, 0.6) is 0 Å². The summed E-state index contributed by atoms with van der Waals surface area (Å²) in [6.07, 6.45) is 2.75. The van der Waals surface area contributed by atoms with Gasteiger partial charge in [0.2, 0.25) is 21.8 Å². The second kappa shape index (κ2) is 8.48. The zero-order chi connectivity index (χ0) is 24.0. The van der Waals surface area contributed by atoms with E-state index >= 15 is 0 Å². The van der Waals surface area contributed by atoms with Crippen LogP contribution in [0.3, 0.4) is 0 Å². The van der Waals surface area contributed by atoms with Crippen molar-refractivity contribution in [2.24, 2.45) is 0 Å². The number of hydrogen-bond acceptors (Lipinski definition) is 5. The van der Waals surface area contributed by atoms with Crippen molar-refractivity contribution in [3.05, 3.63) is 64.8 Å². The maximum absolute atomic E-state index is 13.5. The fourth-order valence-electron chi connectivity index (χ4n) is 4.86. The molecule has 0 saturated heterocycles. The average Bonchev–Trinajstić information content (AvgIpc) is 3.06. The Kier molecular flexibility index (Phi) is 5.61. The van der Waals surface area contributed by atoms with Gasteiger partial charge in [-0.1, -0.05) is 36.4 Å². The first-order valence-corrected chi connectivity index (χ1v) is 12.9. The van der Waals surface area contributed by atoms with E-state index in [1.54, 1.807) is 32.0 Å². The van der Waals surface area contributed by atoms with E-state index in [0.717, 1.165) is 24.8 Å². The van der Waals surface area contributed by atoms with Crippen LogP contribution in [0.2, 0.25) is 0 Å². The van der Waals surface area contributed by atoms with Crippen molar-refractivity contribution in [1.29, 1.82) is 0 Å². The van der Waals surface area contributed by atoms with Crippen LogP contribution in [0, 0.1) is 13.8 Å². The van der Waals surface area contributed by atoms with E-state index in [2.05, 4.69) is 15.1 Å². The molecule has 8 nitrogen and oxygen atoms in total. The molecule has 0 bridgehead atoms. The van der Waals surface area contributed by atoms with Gasteiger partial charge < -0.3 is 5.32 Å². The van der Waals surface area contributed by atoms with Gasteiger partial charge in [-0.2, -0.15) is 9.78 Å². The monoisotopic (exact) mass is 478 g/mol. The van der Waals surface area contributed by atoms with Crippen molar-refractivity contribution in [2.75, 3.05) is 5.32 Å². The molecular weight excluding hydrogens is 452 g/mol. The predicted octanol–water partition coefficient (Wildman–Crippen LogP) is 3.90. The molecule has 1 aliphatic heterocycles. The van der Waals surface area contributed by atoms with Gasteiger partial charge >= 0.3 is 0 Å². The van der Waals surface area contributed by atoms with Crippen LogP contribution >= 0.6 is 0 Å². The van der Waals surface area contributed by atoms with Crippen LogP contribution < -0.4 is 10.0 Å². The number of benzene rings is 2. The topological polar surface area (TPSA) is 110 Å². The lowest BCUT2D eigenvalue weighted by molar-refractivity contribution is -0.116. The summed E-state index contributed by atoms with van der Waals surface area (Å²) in [5.74, 6) is -0.266. The summed E-state index contributed by atoms with van der Waals surface area (Å²) in [6.45, 7) is 3.49. The first-order valence-electron chi connectivity index (χ1n) is 11.4. The molecule has 34 heavy (non-hydrogen) atoms. The summed E-state index contributed by atoms with van der Waals surface area (Å²) in [7, 11) is -3.84. The molecule has 0 spiro atoms. The van der Waals surface area contributed by atoms with Crippen LogP contribution in [-0.4, -0.2) is 30.0 Å². The molecule has 1 aliphatic carbocycles. The van der Waals surface area contributed by atoms with Crippen LogP contribution in [0.15, 0.2) is 47.4 Å². The van der Waals surface area contributed by atoms with Crippen LogP contribution in [0.4, 0.5) is 5.82 Å². The SMILES string of the molecule is Cc1ccc(-c2c(C)nn3c2NC(=O)CCC3=O)cc1S(=O)(=O)NC1CCCc2ccccc21. The lowest BCUT2D eigenvalue weighted by Gasteiger charge is -2.26.